The van der Waals surface area contributed by atoms with Crippen molar-refractivity contribution in [3.63, 3.8) is 0 Å². The van der Waals surface area contributed by atoms with Gasteiger partial charge in [0.15, 0.2) is 0 Å². The van der Waals surface area contributed by atoms with Gasteiger partial charge in [-0.1, -0.05) is 19.8 Å². The Kier molecular flexibility index (Phi) is 4.86. The molecule has 16 heavy (non-hydrogen) atoms. The molecule has 1 fully saturated rings. The summed E-state index contributed by atoms with van der Waals surface area (Å²) in [6, 6.07) is 2.87. The third-order valence-corrected chi connectivity index (χ3v) is 5.43. The molecule has 2 rings (SSSR count). The van der Waals surface area contributed by atoms with Crippen molar-refractivity contribution in [1.29, 1.82) is 0 Å². The smallest absolute Gasteiger partial charge is 0.0327 e. The molecule has 1 saturated carbocycles. The van der Waals surface area contributed by atoms with Crippen LogP contribution in [0.4, 0.5) is 0 Å². The van der Waals surface area contributed by atoms with Gasteiger partial charge in [0, 0.05) is 21.9 Å². The highest BCUT2D eigenvalue weighted by Crippen LogP contribution is 2.25. The van der Waals surface area contributed by atoms with Crippen LogP contribution in [0, 0.1) is 5.92 Å². The van der Waals surface area contributed by atoms with Gasteiger partial charge in [-0.05, 0) is 52.6 Å². The molecule has 1 aliphatic carbocycles. The van der Waals surface area contributed by atoms with Gasteiger partial charge in [0.25, 0.3) is 0 Å². The first-order valence-electron chi connectivity index (χ1n) is 6.21. The van der Waals surface area contributed by atoms with Crippen LogP contribution >= 0.6 is 27.3 Å². The van der Waals surface area contributed by atoms with Crippen LogP contribution in [0.1, 0.15) is 43.9 Å². The van der Waals surface area contributed by atoms with Gasteiger partial charge in [-0.2, -0.15) is 0 Å². The molecule has 1 aliphatic rings. The summed E-state index contributed by atoms with van der Waals surface area (Å²) in [5.74, 6) is 0.931. The lowest BCUT2D eigenvalue weighted by Crippen LogP contribution is -2.27. The number of nitrogens with one attached hydrogen (secondary N) is 1. The van der Waals surface area contributed by atoms with E-state index < -0.39 is 0 Å². The SMILES string of the molecule is CC1CCCC(NCc2sccc2Br)CC1. The molecule has 0 spiro atoms. The summed E-state index contributed by atoms with van der Waals surface area (Å²) in [5, 5.41) is 5.85. The van der Waals surface area contributed by atoms with E-state index in [0.29, 0.717) is 0 Å². The summed E-state index contributed by atoms with van der Waals surface area (Å²) in [7, 11) is 0. The van der Waals surface area contributed by atoms with Crippen molar-refractivity contribution in [3.05, 3.63) is 20.8 Å². The predicted molar refractivity (Wildman–Crippen MR) is 74.9 cm³/mol. The summed E-state index contributed by atoms with van der Waals surface area (Å²) in [6.07, 6.45) is 6.91. The molecular formula is C13H20BrNS. The highest BCUT2D eigenvalue weighted by molar-refractivity contribution is 9.10. The fourth-order valence-corrected chi connectivity index (χ4v) is 3.82. The van der Waals surface area contributed by atoms with Crippen molar-refractivity contribution >= 4 is 27.3 Å². The van der Waals surface area contributed by atoms with Gasteiger partial charge in [0.05, 0.1) is 0 Å². The van der Waals surface area contributed by atoms with Crippen molar-refractivity contribution in [2.45, 2.75) is 51.6 Å². The van der Waals surface area contributed by atoms with Crippen LogP contribution in [-0.2, 0) is 6.54 Å². The molecular weight excluding hydrogens is 282 g/mol. The monoisotopic (exact) mass is 301 g/mol. The Balaban J connectivity index is 1.79. The lowest BCUT2D eigenvalue weighted by molar-refractivity contribution is 0.448. The summed E-state index contributed by atoms with van der Waals surface area (Å²) < 4.78 is 1.26. The molecule has 1 nitrogen and oxygen atoms in total. The topological polar surface area (TPSA) is 12.0 Å². The molecule has 0 aliphatic heterocycles. The molecule has 90 valence electrons. The fourth-order valence-electron chi connectivity index (χ4n) is 2.38. The molecule has 1 N–H and O–H groups in total. The van der Waals surface area contributed by atoms with E-state index in [-0.39, 0.29) is 0 Å². The largest absolute Gasteiger partial charge is 0.309 e. The molecule has 3 heteroatoms. The van der Waals surface area contributed by atoms with E-state index in [1.807, 2.05) is 11.3 Å². The molecule has 0 amide bonds. The minimum Gasteiger partial charge on any atom is -0.309 e. The average Bonchev–Trinajstić information content (AvgIpc) is 2.55. The van der Waals surface area contributed by atoms with Gasteiger partial charge in [-0.3, -0.25) is 0 Å². The maximum atomic E-state index is 3.71. The summed E-state index contributed by atoms with van der Waals surface area (Å²) in [4.78, 5) is 1.43. The van der Waals surface area contributed by atoms with Crippen LogP contribution in [0.5, 0.6) is 0 Å². The predicted octanol–water partition coefficient (Wildman–Crippen LogP) is 4.57. The van der Waals surface area contributed by atoms with E-state index in [4.69, 9.17) is 0 Å². The van der Waals surface area contributed by atoms with E-state index in [1.165, 1.54) is 41.5 Å². The number of halogens is 1. The van der Waals surface area contributed by atoms with E-state index in [1.54, 1.807) is 0 Å². The van der Waals surface area contributed by atoms with Crippen LogP contribution in [-0.4, -0.2) is 6.04 Å². The van der Waals surface area contributed by atoms with Gasteiger partial charge >= 0.3 is 0 Å². The number of thiophene rings is 1. The van der Waals surface area contributed by atoms with E-state index in [0.717, 1.165) is 18.5 Å². The molecule has 0 radical (unpaired) electrons. The van der Waals surface area contributed by atoms with Crippen LogP contribution in [0.25, 0.3) is 0 Å². The number of hydrogen-bond donors (Lipinski definition) is 1. The first-order valence-corrected chi connectivity index (χ1v) is 7.88. The van der Waals surface area contributed by atoms with Gasteiger partial charge in [0.2, 0.25) is 0 Å². The van der Waals surface area contributed by atoms with Crippen molar-refractivity contribution in [2.24, 2.45) is 5.92 Å². The Morgan fingerprint density at radius 3 is 3.00 bits per heavy atom. The van der Waals surface area contributed by atoms with E-state index in [9.17, 15) is 0 Å². The minimum absolute atomic E-state index is 0.735. The first kappa shape index (κ1) is 12.6. The zero-order valence-electron chi connectivity index (χ0n) is 9.84. The molecule has 0 saturated heterocycles. The van der Waals surface area contributed by atoms with Crippen LogP contribution < -0.4 is 5.32 Å². The normalized spacial score (nSPS) is 26.6. The molecule has 1 aromatic heterocycles. The highest BCUT2D eigenvalue weighted by Gasteiger charge is 2.15. The summed E-state index contributed by atoms with van der Waals surface area (Å²) in [6.45, 7) is 3.41. The van der Waals surface area contributed by atoms with Gasteiger partial charge in [-0.25, -0.2) is 0 Å². The maximum absolute atomic E-state index is 3.71. The Hall–Kier alpha value is 0.140. The third kappa shape index (κ3) is 3.57. The Morgan fingerprint density at radius 1 is 1.38 bits per heavy atom. The molecule has 0 bridgehead atoms. The lowest BCUT2D eigenvalue weighted by Gasteiger charge is -2.15. The van der Waals surface area contributed by atoms with Crippen molar-refractivity contribution in [1.82, 2.24) is 5.32 Å². The summed E-state index contributed by atoms with van der Waals surface area (Å²) >= 11 is 5.42. The zero-order chi connectivity index (χ0) is 11.4. The first-order chi connectivity index (χ1) is 7.75. The van der Waals surface area contributed by atoms with Gasteiger partial charge in [-0.15, -0.1) is 11.3 Å². The third-order valence-electron chi connectivity index (χ3n) is 3.50. The Morgan fingerprint density at radius 2 is 2.25 bits per heavy atom. The molecule has 2 unspecified atom stereocenters. The standard InChI is InChI=1S/C13H20BrNS/c1-10-3-2-4-11(6-5-10)15-9-13-12(14)7-8-16-13/h7-8,10-11,15H,2-6,9H2,1H3. The summed E-state index contributed by atoms with van der Waals surface area (Å²) in [5.41, 5.74) is 0. The van der Waals surface area contributed by atoms with E-state index >= 15 is 0 Å². The van der Waals surface area contributed by atoms with Crippen molar-refractivity contribution in [3.8, 4) is 0 Å². The molecule has 0 aromatic carbocycles. The molecule has 2 atom stereocenters. The lowest BCUT2D eigenvalue weighted by atomic mass is 10.0. The molecule has 1 aromatic rings. The Labute approximate surface area is 111 Å². The van der Waals surface area contributed by atoms with Gasteiger partial charge in [0.1, 0.15) is 0 Å². The quantitative estimate of drug-likeness (QED) is 0.807. The van der Waals surface area contributed by atoms with Crippen molar-refractivity contribution in [2.75, 3.05) is 0 Å². The number of hydrogen-bond acceptors (Lipinski definition) is 2. The second kappa shape index (κ2) is 6.18. The zero-order valence-corrected chi connectivity index (χ0v) is 12.2. The number of rotatable bonds is 3. The maximum Gasteiger partial charge on any atom is 0.0327 e. The second-order valence-corrected chi connectivity index (χ2v) is 6.74. The Bertz CT molecular complexity index is 323. The van der Waals surface area contributed by atoms with E-state index in [2.05, 4.69) is 39.6 Å². The second-order valence-electron chi connectivity index (χ2n) is 4.88. The highest BCUT2D eigenvalue weighted by atomic mass is 79.9. The minimum atomic E-state index is 0.735. The van der Waals surface area contributed by atoms with Gasteiger partial charge < -0.3 is 5.32 Å². The van der Waals surface area contributed by atoms with Crippen LogP contribution in [0.3, 0.4) is 0 Å². The fraction of sp³-hybridized carbons (Fsp3) is 0.692. The molecule has 1 heterocycles. The van der Waals surface area contributed by atoms with Crippen LogP contribution in [0.15, 0.2) is 15.9 Å². The average molecular weight is 302 g/mol. The van der Waals surface area contributed by atoms with Crippen molar-refractivity contribution < 1.29 is 0 Å². The van der Waals surface area contributed by atoms with Crippen LogP contribution in [0.2, 0.25) is 0 Å².